The van der Waals surface area contributed by atoms with Crippen molar-refractivity contribution >= 4 is 23.2 Å². The molecule has 6 heteroatoms. The van der Waals surface area contributed by atoms with E-state index < -0.39 is 0 Å². The molecule has 1 fully saturated rings. The molecule has 2 heterocycles. The highest BCUT2D eigenvalue weighted by Crippen LogP contribution is 2.24. The van der Waals surface area contributed by atoms with Crippen molar-refractivity contribution in [3.05, 3.63) is 46.2 Å². The molecular formula is C17H22Cl2N4. The lowest BCUT2D eigenvalue weighted by atomic mass is 10.2. The monoisotopic (exact) mass is 352 g/mol. The fourth-order valence-corrected chi connectivity index (χ4v) is 3.11. The molecule has 0 saturated carbocycles. The lowest BCUT2D eigenvalue weighted by molar-refractivity contribution is 0.153. The van der Waals surface area contributed by atoms with Crippen molar-refractivity contribution in [2.24, 2.45) is 0 Å². The molecule has 1 aliphatic heterocycles. The fourth-order valence-electron chi connectivity index (χ4n) is 2.82. The van der Waals surface area contributed by atoms with Gasteiger partial charge in [0.05, 0.1) is 21.4 Å². The summed E-state index contributed by atoms with van der Waals surface area (Å²) < 4.78 is 1.85. The second-order valence-electron chi connectivity index (χ2n) is 6.10. The molecule has 0 amide bonds. The number of benzene rings is 1. The van der Waals surface area contributed by atoms with Crippen LogP contribution in [-0.2, 0) is 6.42 Å². The molecule has 0 unspecified atom stereocenters. The minimum absolute atomic E-state index is 0.552. The van der Waals surface area contributed by atoms with Crippen LogP contribution >= 0.6 is 23.2 Å². The first-order chi connectivity index (χ1) is 11.1. The topological polar surface area (TPSA) is 24.3 Å². The lowest BCUT2D eigenvalue weighted by Crippen LogP contribution is -2.44. The van der Waals surface area contributed by atoms with Gasteiger partial charge in [0.2, 0.25) is 0 Å². The van der Waals surface area contributed by atoms with Crippen LogP contribution in [0.25, 0.3) is 5.69 Å². The molecule has 0 aliphatic carbocycles. The van der Waals surface area contributed by atoms with Gasteiger partial charge in [-0.3, -0.25) is 0 Å². The Balaban J connectivity index is 1.52. The zero-order chi connectivity index (χ0) is 16.2. The number of hydrogen-bond donors (Lipinski definition) is 0. The second-order valence-corrected chi connectivity index (χ2v) is 6.91. The molecule has 0 atom stereocenters. The molecule has 0 N–H and O–H groups in total. The Kier molecular flexibility index (Phi) is 5.59. The summed E-state index contributed by atoms with van der Waals surface area (Å²) in [5.41, 5.74) is 2.05. The average Bonchev–Trinajstić information content (AvgIpc) is 3.01. The third-order valence-electron chi connectivity index (χ3n) is 4.32. The number of rotatable bonds is 5. The van der Waals surface area contributed by atoms with Gasteiger partial charge in [0.25, 0.3) is 0 Å². The predicted octanol–water partition coefficient (Wildman–Crippen LogP) is 3.36. The normalized spacial score (nSPS) is 16.8. The summed E-state index contributed by atoms with van der Waals surface area (Å²) in [6.45, 7) is 5.84. The van der Waals surface area contributed by atoms with Crippen molar-refractivity contribution in [3.63, 3.8) is 0 Å². The zero-order valence-electron chi connectivity index (χ0n) is 13.4. The molecule has 4 nitrogen and oxygen atoms in total. The van der Waals surface area contributed by atoms with E-state index in [1.165, 1.54) is 26.2 Å². The number of aromatic nitrogens is 2. The standard InChI is InChI=1S/C17H22Cl2N4/c1-21-9-11-22(12-10-21)7-2-3-14-6-8-23(20-14)15-4-5-16(18)17(19)13-15/h4-6,8,13H,2-3,7,9-12H2,1H3. The molecule has 23 heavy (non-hydrogen) atoms. The maximum atomic E-state index is 6.07. The Labute approximate surface area is 147 Å². The van der Waals surface area contributed by atoms with Crippen LogP contribution in [0.4, 0.5) is 0 Å². The summed E-state index contributed by atoms with van der Waals surface area (Å²) in [5.74, 6) is 0. The summed E-state index contributed by atoms with van der Waals surface area (Å²) in [5, 5.41) is 5.75. The van der Waals surface area contributed by atoms with Gasteiger partial charge in [-0.2, -0.15) is 5.10 Å². The van der Waals surface area contributed by atoms with Gasteiger partial charge in [0, 0.05) is 32.4 Å². The van der Waals surface area contributed by atoms with Crippen LogP contribution in [0.5, 0.6) is 0 Å². The first-order valence-electron chi connectivity index (χ1n) is 8.03. The van der Waals surface area contributed by atoms with Gasteiger partial charge < -0.3 is 9.80 Å². The summed E-state index contributed by atoms with van der Waals surface area (Å²) in [4.78, 5) is 4.92. The molecule has 124 valence electrons. The number of aryl methyl sites for hydroxylation is 1. The second kappa shape index (κ2) is 7.67. The number of piperazine rings is 1. The van der Waals surface area contributed by atoms with Crippen LogP contribution < -0.4 is 0 Å². The molecule has 1 aliphatic rings. The van der Waals surface area contributed by atoms with Crippen LogP contribution in [0.3, 0.4) is 0 Å². The van der Waals surface area contributed by atoms with Crippen LogP contribution in [0, 0.1) is 0 Å². The Bertz CT molecular complexity index is 648. The minimum atomic E-state index is 0.552. The van der Waals surface area contributed by atoms with Crippen LogP contribution in [0.15, 0.2) is 30.5 Å². The van der Waals surface area contributed by atoms with E-state index in [-0.39, 0.29) is 0 Å². The lowest BCUT2D eigenvalue weighted by Gasteiger charge is -2.32. The SMILES string of the molecule is CN1CCN(CCCc2ccn(-c3ccc(Cl)c(Cl)c3)n2)CC1. The summed E-state index contributed by atoms with van der Waals surface area (Å²) in [7, 11) is 2.19. The predicted molar refractivity (Wildman–Crippen MR) is 95.8 cm³/mol. The van der Waals surface area contributed by atoms with Gasteiger partial charge in [-0.05, 0) is 50.7 Å². The summed E-state index contributed by atoms with van der Waals surface area (Å²) in [6, 6.07) is 7.64. The molecule has 1 saturated heterocycles. The van der Waals surface area contributed by atoms with Crippen molar-refractivity contribution < 1.29 is 0 Å². The Morgan fingerprint density at radius 2 is 1.83 bits per heavy atom. The van der Waals surface area contributed by atoms with Crippen molar-refractivity contribution in [1.29, 1.82) is 0 Å². The van der Waals surface area contributed by atoms with Gasteiger partial charge in [-0.1, -0.05) is 23.2 Å². The summed E-state index contributed by atoms with van der Waals surface area (Å²) >= 11 is 12.0. The average molecular weight is 353 g/mol. The Hall–Kier alpha value is -1.07. The first-order valence-corrected chi connectivity index (χ1v) is 8.78. The molecule has 0 spiro atoms. The van der Waals surface area contributed by atoms with E-state index in [2.05, 4.69) is 28.0 Å². The van der Waals surface area contributed by atoms with E-state index in [9.17, 15) is 0 Å². The highest BCUT2D eigenvalue weighted by molar-refractivity contribution is 6.42. The number of likely N-dealkylation sites (N-methyl/N-ethyl adjacent to an activating group) is 1. The van der Waals surface area contributed by atoms with Crippen molar-refractivity contribution in [2.75, 3.05) is 39.8 Å². The van der Waals surface area contributed by atoms with E-state index in [1.54, 1.807) is 6.07 Å². The van der Waals surface area contributed by atoms with Crippen molar-refractivity contribution in [2.45, 2.75) is 12.8 Å². The third kappa shape index (κ3) is 4.48. The number of nitrogens with zero attached hydrogens (tertiary/aromatic N) is 4. The number of halogens is 2. The first kappa shape index (κ1) is 16.8. The van der Waals surface area contributed by atoms with Gasteiger partial charge in [0.15, 0.2) is 0 Å². The van der Waals surface area contributed by atoms with Gasteiger partial charge in [-0.15, -0.1) is 0 Å². The molecule has 0 bridgehead atoms. The quantitative estimate of drug-likeness (QED) is 0.824. The van der Waals surface area contributed by atoms with E-state index >= 15 is 0 Å². The summed E-state index contributed by atoms with van der Waals surface area (Å²) in [6.07, 6.45) is 4.12. The highest BCUT2D eigenvalue weighted by Gasteiger charge is 2.13. The van der Waals surface area contributed by atoms with E-state index in [1.807, 2.05) is 23.0 Å². The van der Waals surface area contributed by atoms with E-state index in [4.69, 9.17) is 23.2 Å². The van der Waals surface area contributed by atoms with Crippen molar-refractivity contribution in [1.82, 2.24) is 19.6 Å². The molecule has 0 radical (unpaired) electrons. The van der Waals surface area contributed by atoms with Gasteiger partial charge in [-0.25, -0.2) is 4.68 Å². The zero-order valence-corrected chi connectivity index (χ0v) is 14.9. The molecule has 1 aromatic carbocycles. The smallest absolute Gasteiger partial charge is 0.0661 e. The highest BCUT2D eigenvalue weighted by atomic mass is 35.5. The molecule has 3 rings (SSSR count). The Morgan fingerprint density at radius 3 is 2.57 bits per heavy atom. The maximum absolute atomic E-state index is 6.07. The molecule has 1 aromatic heterocycles. The van der Waals surface area contributed by atoms with Crippen molar-refractivity contribution in [3.8, 4) is 5.69 Å². The third-order valence-corrected chi connectivity index (χ3v) is 5.05. The largest absolute Gasteiger partial charge is 0.304 e. The van der Waals surface area contributed by atoms with E-state index in [0.29, 0.717) is 10.0 Å². The minimum Gasteiger partial charge on any atom is -0.304 e. The van der Waals surface area contributed by atoms with E-state index in [0.717, 1.165) is 30.8 Å². The van der Waals surface area contributed by atoms with Gasteiger partial charge >= 0.3 is 0 Å². The fraction of sp³-hybridized carbons (Fsp3) is 0.471. The van der Waals surface area contributed by atoms with Crippen LogP contribution in [-0.4, -0.2) is 59.4 Å². The van der Waals surface area contributed by atoms with Crippen LogP contribution in [0.1, 0.15) is 12.1 Å². The Morgan fingerprint density at radius 1 is 1.04 bits per heavy atom. The number of hydrogen-bond acceptors (Lipinski definition) is 3. The molecule has 2 aromatic rings. The molecular weight excluding hydrogens is 331 g/mol. The maximum Gasteiger partial charge on any atom is 0.0661 e. The van der Waals surface area contributed by atoms with Gasteiger partial charge in [0.1, 0.15) is 0 Å². The van der Waals surface area contributed by atoms with Crippen LogP contribution in [0.2, 0.25) is 10.0 Å².